The zero-order chi connectivity index (χ0) is 21.8. The van der Waals surface area contributed by atoms with E-state index in [2.05, 4.69) is 15.5 Å². The van der Waals surface area contributed by atoms with Crippen molar-refractivity contribution >= 4 is 35.0 Å². The van der Waals surface area contributed by atoms with Crippen LogP contribution in [-0.2, 0) is 11.8 Å². The number of hydrogen-bond donors (Lipinski definition) is 1. The Labute approximate surface area is 188 Å². The molecule has 2 aromatic carbocycles. The van der Waals surface area contributed by atoms with Crippen molar-refractivity contribution in [2.24, 2.45) is 7.05 Å². The van der Waals surface area contributed by atoms with Gasteiger partial charge < -0.3 is 19.4 Å². The van der Waals surface area contributed by atoms with Gasteiger partial charge in [-0.15, -0.1) is 10.2 Å². The quantitative estimate of drug-likeness (QED) is 0.561. The molecule has 1 N–H and O–H groups in total. The van der Waals surface area contributed by atoms with Crippen molar-refractivity contribution in [2.75, 3.05) is 17.7 Å². The number of halogens is 1. The Morgan fingerprint density at radius 3 is 2.90 bits per heavy atom. The Hall–Kier alpha value is -3.22. The fourth-order valence-electron chi connectivity index (χ4n) is 3.02. The number of rotatable bonds is 6. The lowest BCUT2D eigenvalue weighted by atomic mass is 10.2. The van der Waals surface area contributed by atoms with Crippen LogP contribution in [0.4, 0.5) is 5.69 Å². The molecule has 0 spiro atoms. The standard InChI is InChI=1S/C21H18ClN5O3S/c1-27-20(18-12-29-16-4-2-3-5-17(16)30-18)25-26-21(27)31-9-8-19(28)24-14-7-6-13(11-23)15(22)10-14/h2-7,10,18H,8-9,12H2,1H3,(H,24,28). The zero-order valence-corrected chi connectivity index (χ0v) is 18.1. The van der Waals surface area contributed by atoms with Crippen LogP contribution in [-0.4, -0.2) is 33.0 Å². The predicted octanol–water partition coefficient (Wildman–Crippen LogP) is 3.97. The van der Waals surface area contributed by atoms with Crippen LogP contribution in [0.3, 0.4) is 0 Å². The number of carbonyl (C=O) groups is 1. The Morgan fingerprint density at radius 2 is 2.13 bits per heavy atom. The molecule has 1 atom stereocenters. The second kappa shape index (κ2) is 9.29. The summed E-state index contributed by atoms with van der Waals surface area (Å²) in [5.41, 5.74) is 0.916. The molecule has 1 unspecified atom stereocenters. The third kappa shape index (κ3) is 4.76. The van der Waals surface area contributed by atoms with Gasteiger partial charge in [0, 0.05) is 24.9 Å². The summed E-state index contributed by atoms with van der Waals surface area (Å²) in [4.78, 5) is 12.2. The number of nitrogens with zero attached hydrogens (tertiary/aromatic N) is 4. The number of benzene rings is 2. The zero-order valence-electron chi connectivity index (χ0n) is 16.5. The summed E-state index contributed by atoms with van der Waals surface area (Å²) in [5, 5.41) is 21.1. The topological polar surface area (TPSA) is 102 Å². The van der Waals surface area contributed by atoms with E-state index in [0.29, 0.717) is 51.1 Å². The molecular weight excluding hydrogens is 438 g/mol. The molecule has 4 rings (SSSR count). The molecule has 31 heavy (non-hydrogen) atoms. The van der Waals surface area contributed by atoms with Gasteiger partial charge in [0.25, 0.3) is 0 Å². The first-order valence-electron chi connectivity index (χ1n) is 9.45. The third-order valence-corrected chi connectivity index (χ3v) is 5.93. The average molecular weight is 456 g/mol. The third-order valence-electron chi connectivity index (χ3n) is 4.60. The van der Waals surface area contributed by atoms with E-state index < -0.39 is 0 Å². The highest BCUT2D eigenvalue weighted by molar-refractivity contribution is 7.99. The summed E-state index contributed by atoms with van der Waals surface area (Å²) in [6.07, 6.45) is -0.0767. The Balaban J connectivity index is 1.31. The number of nitriles is 1. The molecule has 0 aliphatic carbocycles. The highest BCUT2D eigenvalue weighted by atomic mass is 35.5. The van der Waals surface area contributed by atoms with E-state index in [0.717, 1.165) is 0 Å². The minimum absolute atomic E-state index is 0.156. The minimum atomic E-state index is -0.355. The van der Waals surface area contributed by atoms with Gasteiger partial charge in [-0.25, -0.2) is 0 Å². The van der Waals surface area contributed by atoms with E-state index >= 15 is 0 Å². The van der Waals surface area contributed by atoms with Crippen molar-refractivity contribution in [1.29, 1.82) is 5.26 Å². The summed E-state index contributed by atoms with van der Waals surface area (Å²) in [6, 6.07) is 14.3. The number of anilines is 1. The molecular formula is C21H18ClN5O3S. The molecule has 0 saturated carbocycles. The van der Waals surface area contributed by atoms with Crippen molar-refractivity contribution in [1.82, 2.24) is 14.8 Å². The number of hydrogen-bond acceptors (Lipinski definition) is 7. The number of fused-ring (bicyclic) bond motifs is 1. The number of thioether (sulfide) groups is 1. The maximum Gasteiger partial charge on any atom is 0.225 e. The van der Waals surface area contributed by atoms with E-state index in [1.807, 2.05) is 41.9 Å². The molecule has 1 aliphatic rings. The SMILES string of the molecule is Cn1c(SCCC(=O)Nc2ccc(C#N)c(Cl)c2)nnc1C1COc2ccccc2O1. The Kier molecular flexibility index (Phi) is 6.30. The van der Waals surface area contributed by atoms with Crippen molar-refractivity contribution in [3.63, 3.8) is 0 Å². The van der Waals surface area contributed by atoms with E-state index in [4.69, 9.17) is 26.3 Å². The number of aromatic nitrogens is 3. The van der Waals surface area contributed by atoms with Crippen LogP contribution in [0, 0.1) is 11.3 Å². The van der Waals surface area contributed by atoms with Gasteiger partial charge in [0.2, 0.25) is 5.91 Å². The average Bonchev–Trinajstić information content (AvgIpc) is 3.14. The first-order chi connectivity index (χ1) is 15.0. The molecule has 1 amide bonds. The van der Waals surface area contributed by atoms with Crippen LogP contribution in [0.5, 0.6) is 11.5 Å². The van der Waals surface area contributed by atoms with Crippen molar-refractivity contribution in [3.05, 3.63) is 58.9 Å². The maximum absolute atomic E-state index is 12.2. The van der Waals surface area contributed by atoms with E-state index in [9.17, 15) is 4.79 Å². The van der Waals surface area contributed by atoms with Crippen molar-refractivity contribution < 1.29 is 14.3 Å². The monoisotopic (exact) mass is 455 g/mol. The normalized spacial score (nSPS) is 14.7. The van der Waals surface area contributed by atoms with Gasteiger partial charge in [-0.1, -0.05) is 35.5 Å². The lowest BCUT2D eigenvalue weighted by Gasteiger charge is -2.25. The minimum Gasteiger partial charge on any atom is -0.485 e. The molecule has 0 radical (unpaired) electrons. The van der Waals surface area contributed by atoms with Crippen LogP contribution in [0.25, 0.3) is 0 Å². The number of carbonyl (C=O) groups excluding carboxylic acids is 1. The van der Waals surface area contributed by atoms with Crippen molar-refractivity contribution in [2.45, 2.75) is 17.7 Å². The summed E-state index contributed by atoms with van der Waals surface area (Å²) >= 11 is 7.42. The molecule has 0 bridgehead atoms. The van der Waals surface area contributed by atoms with Crippen LogP contribution >= 0.6 is 23.4 Å². The van der Waals surface area contributed by atoms with Gasteiger partial charge in [0.15, 0.2) is 28.6 Å². The molecule has 0 fully saturated rings. The van der Waals surface area contributed by atoms with Gasteiger partial charge in [-0.3, -0.25) is 4.79 Å². The van der Waals surface area contributed by atoms with Crippen molar-refractivity contribution in [3.8, 4) is 17.6 Å². The van der Waals surface area contributed by atoms with E-state index in [1.165, 1.54) is 11.8 Å². The fraction of sp³-hybridized carbons (Fsp3) is 0.238. The number of ether oxygens (including phenoxy) is 2. The first kappa shape index (κ1) is 21.0. The summed E-state index contributed by atoms with van der Waals surface area (Å²) in [5.74, 6) is 2.41. The first-order valence-corrected chi connectivity index (χ1v) is 10.8. The van der Waals surface area contributed by atoms with Gasteiger partial charge in [-0.05, 0) is 30.3 Å². The number of nitrogens with one attached hydrogen (secondary N) is 1. The molecule has 158 valence electrons. The molecule has 0 saturated heterocycles. The van der Waals surface area contributed by atoms with Crippen LogP contribution < -0.4 is 14.8 Å². The van der Waals surface area contributed by atoms with E-state index in [1.54, 1.807) is 18.2 Å². The second-order valence-electron chi connectivity index (χ2n) is 6.72. The smallest absolute Gasteiger partial charge is 0.225 e. The lowest BCUT2D eigenvalue weighted by Crippen LogP contribution is -2.24. The van der Waals surface area contributed by atoms with Crippen LogP contribution in [0.2, 0.25) is 5.02 Å². The van der Waals surface area contributed by atoms with Gasteiger partial charge in [0.05, 0.1) is 10.6 Å². The second-order valence-corrected chi connectivity index (χ2v) is 8.19. The highest BCUT2D eigenvalue weighted by Crippen LogP contribution is 2.35. The largest absolute Gasteiger partial charge is 0.485 e. The molecule has 3 aromatic rings. The molecule has 8 nitrogen and oxygen atoms in total. The molecule has 10 heteroatoms. The van der Waals surface area contributed by atoms with Gasteiger partial charge >= 0.3 is 0 Å². The van der Waals surface area contributed by atoms with E-state index in [-0.39, 0.29) is 18.4 Å². The summed E-state index contributed by atoms with van der Waals surface area (Å²) in [6.45, 7) is 0.350. The number of amides is 1. The fourth-order valence-corrected chi connectivity index (χ4v) is 4.10. The number of para-hydroxylation sites is 2. The predicted molar refractivity (Wildman–Crippen MR) is 116 cm³/mol. The summed E-state index contributed by atoms with van der Waals surface area (Å²) in [7, 11) is 1.86. The van der Waals surface area contributed by atoms with Crippen LogP contribution in [0.15, 0.2) is 47.6 Å². The lowest BCUT2D eigenvalue weighted by molar-refractivity contribution is -0.115. The Morgan fingerprint density at radius 1 is 1.32 bits per heavy atom. The Bertz CT molecular complexity index is 1160. The highest BCUT2D eigenvalue weighted by Gasteiger charge is 2.27. The van der Waals surface area contributed by atoms with Crippen LogP contribution in [0.1, 0.15) is 23.9 Å². The van der Waals surface area contributed by atoms with Gasteiger partial charge in [-0.2, -0.15) is 5.26 Å². The molecule has 1 aromatic heterocycles. The van der Waals surface area contributed by atoms with Gasteiger partial charge in [0.1, 0.15) is 12.7 Å². The maximum atomic E-state index is 12.2. The molecule has 2 heterocycles. The summed E-state index contributed by atoms with van der Waals surface area (Å²) < 4.78 is 13.6. The molecule has 1 aliphatic heterocycles.